The fraction of sp³-hybridized carbons (Fsp3) is 0.250. The van der Waals surface area contributed by atoms with E-state index in [0.29, 0.717) is 10.8 Å². The van der Waals surface area contributed by atoms with Crippen LogP contribution >= 0.6 is 11.6 Å². The van der Waals surface area contributed by atoms with E-state index in [2.05, 4.69) is 0 Å². The molecular weight excluding hydrogens is 260 g/mol. The Kier molecular flexibility index (Phi) is 4.13. The van der Waals surface area contributed by atoms with E-state index in [1.54, 1.807) is 13.2 Å². The summed E-state index contributed by atoms with van der Waals surface area (Å²) in [6.07, 6.45) is -0.743. The van der Waals surface area contributed by atoms with Crippen molar-refractivity contribution in [3.8, 4) is 5.75 Å². The van der Waals surface area contributed by atoms with E-state index in [-0.39, 0.29) is 0 Å². The van der Waals surface area contributed by atoms with Crippen LogP contribution in [0.25, 0.3) is 0 Å². The van der Waals surface area contributed by atoms with E-state index < -0.39 is 6.10 Å². The smallest absolute Gasteiger partial charge is 0.125 e. The molecule has 0 fully saturated rings. The molecule has 0 aromatic heterocycles. The molecule has 2 aromatic rings. The van der Waals surface area contributed by atoms with Crippen LogP contribution in [0.3, 0.4) is 0 Å². The molecular formula is C16H17ClO2. The Labute approximate surface area is 118 Å². The molecule has 0 heterocycles. The maximum atomic E-state index is 10.5. The van der Waals surface area contributed by atoms with Gasteiger partial charge in [0.25, 0.3) is 0 Å². The van der Waals surface area contributed by atoms with Crippen molar-refractivity contribution in [3.05, 3.63) is 63.7 Å². The van der Waals surface area contributed by atoms with Gasteiger partial charge in [0.1, 0.15) is 11.9 Å². The number of hydrogen-bond donors (Lipinski definition) is 1. The number of aliphatic hydroxyl groups excluding tert-OH is 1. The molecule has 1 atom stereocenters. The lowest BCUT2D eigenvalue weighted by molar-refractivity contribution is 0.214. The second kappa shape index (κ2) is 5.64. The van der Waals surface area contributed by atoms with Gasteiger partial charge in [-0.2, -0.15) is 0 Å². The van der Waals surface area contributed by atoms with E-state index in [9.17, 15) is 5.11 Å². The van der Waals surface area contributed by atoms with Gasteiger partial charge in [-0.15, -0.1) is 0 Å². The van der Waals surface area contributed by atoms with E-state index in [1.165, 1.54) is 0 Å². The number of aliphatic hydroxyl groups is 1. The second-order valence-corrected chi connectivity index (χ2v) is 5.15. The van der Waals surface area contributed by atoms with Crippen molar-refractivity contribution in [1.29, 1.82) is 0 Å². The van der Waals surface area contributed by atoms with Gasteiger partial charge in [-0.25, -0.2) is 0 Å². The van der Waals surface area contributed by atoms with Crippen LogP contribution in [0.4, 0.5) is 0 Å². The predicted molar refractivity (Wildman–Crippen MR) is 78.0 cm³/mol. The molecule has 2 nitrogen and oxygen atoms in total. The minimum Gasteiger partial charge on any atom is -0.496 e. The second-order valence-electron chi connectivity index (χ2n) is 4.71. The van der Waals surface area contributed by atoms with E-state index in [1.807, 2.05) is 44.2 Å². The lowest BCUT2D eigenvalue weighted by Crippen LogP contribution is -2.03. The van der Waals surface area contributed by atoms with Crippen molar-refractivity contribution in [2.24, 2.45) is 0 Å². The van der Waals surface area contributed by atoms with Crippen LogP contribution in [-0.4, -0.2) is 12.2 Å². The normalized spacial score (nSPS) is 12.3. The molecule has 0 amide bonds. The van der Waals surface area contributed by atoms with Gasteiger partial charge in [0.05, 0.1) is 7.11 Å². The van der Waals surface area contributed by atoms with Gasteiger partial charge >= 0.3 is 0 Å². The summed E-state index contributed by atoms with van der Waals surface area (Å²) in [5.74, 6) is 0.677. The lowest BCUT2D eigenvalue weighted by Gasteiger charge is -2.16. The number of halogens is 1. The van der Waals surface area contributed by atoms with Crippen molar-refractivity contribution < 1.29 is 9.84 Å². The van der Waals surface area contributed by atoms with Crippen molar-refractivity contribution in [1.82, 2.24) is 0 Å². The summed E-state index contributed by atoms with van der Waals surface area (Å²) in [4.78, 5) is 0. The van der Waals surface area contributed by atoms with Gasteiger partial charge in [-0.3, -0.25) is 0 Å². The summed E-state index contributed by atoms with van der Waals surface area (Å²) in [7, 11) is 1.60. The molecule has 0 aliphatic carbocycles. The topological polar surface area (TPSA) is 29.5 Å². The first kappa shape index (κ1) is 13.9. The number of methoxy groups -OCH3 is 1. The SMILES string of the molecule is COc1ccc(C)cc1C(O)c1cc(C)cc(Cl)c1. The van der Waals surface area contributed by atoms with Gasteiger partial charge in [-0.1, -0.05) is 29.3 Å². The van der Waals surface area contributed by atoms with Crippen LogP contribution in [0, 0.1) is 13.8 Å². The molecule has 1 unspecified atom stereocenters. The minimum absolute atomic E-state index is 0.626. The first-order chi connectivity index (χ1) is 9.01. The fourth-order valence-electron chi connectivity index (χ4n) is 2.17. The van der Waals surface area contributed by atoms with E-state index in [0.717, 1.165) is 22.3 Å². The first-order valence-electron chi connectivity index (χ1n) is 6.11. The summed E-state index contributed by atoms with van der Waals surface area (Å²) >= 11 is 6.04. The van der Waals surface area contributed by atoms with Gasteiger partial charge in [-0.05, 0) is 49.2 Å². The maximum Gasteiger partial charge on any atom is 0.125 e. The number of benzene rings is 2. The average molecular weight is 277 g/mol. The molecule has 0 aliphatic heterocycles. The monoisotopic (exact) mass is 276 g/mol. The number of ether oxygens (including phenoxy) is 1. The molecule has 0 saturated heterocycles. The molecule has 2 aromatic carbocycles. The molecule has 100 valence electrons. The van der Waals surface area contributed by atoms with Gasteiger partial charge in [0, 0.05) is 10.6 Å². The Balaban J connectivity index is 2.48. The molecule has 19 heavy (non-hydrogen) atoms. The van der Waals surface area contributed by atoms with E-state index in [4.69, 9.17) is 16.3 Å². The molecule has 2 rings (SSSR count). The Morgan fingerprint density at radius 1 is 1.05 bits per heavy atom. The molecule has 0 aliphatic rings. The van der Waals surface area contributed by atoms with Gasteiger partial charge in [0.15, 0.2) is 0 Å². The van der Waals surface area contributed by atoms with Crippen LogP contribution in [-0.2, 0) is 0 Å². The van der Waals surface area contributed by atoms with Gasteiger partial charge in [0.2, 0.25) is 0 Å². The highest BCUT2D eigenvalue weighted by atomic mass is 35.5. The molecule has 0 saturated carbocycles. The van der Waals surface area contributed by atoms with Crippen LogP contribution < -0.4 is 4.74 Å². The van der Waals surface area contributed by atoms with Gasteiger partial charge < -0.3 is 9.84 Å². The molecule has 3 heteroatoms. The fourth-order valence-corrected chi connectivity index (χ4v) is 2.47. The van der Waals surface area contributed by atoms with Crippen molar-refractivity contribution in [3.63, 3.8) is 0 Å². The Bertz CT molecular complexity index is 573. The van der Waals surface area contributed by atoms with Crippen LogP contribution in [0.15, 0.2) is 36.4 Å². The van der Waals surface area contributed by atoms with Crippen LogP contribution in [0.1, 0.15) is 28.4 Å². The number of hydrogen-bond acceptors (Lipinski definition) is 2. The number of rotatable bonds is 3. The van der Waals surface area contributed by atoms with Crippen molar-refractivity contribution >= 4 is 11.6 Å². The molecule has 1 N–H and O–H groups in total. The lowest BCUT2D eigenvalue weighted by atomic mass is 9.98. The van der Waals surface area contributed by atoms with Crippen molar-refractivity contribution in [2.75, 3.05) is 7.11 Å². The van der Waals surface area contributed by atoms with Crippen molar-refractivity contribution in [2.45, 2.75) is 20.0 Å². The average Bonchev–Trinajstić information content (AvgIpc) is 2.36. The van der Waals surface area contributed by atoms with Crippen LogP contribution in [0.2, 0.25) is 5.02 Å². The summed E-state index contributed by atoms with van der Waals surface area (Å²) in [6.45, 7) is 3.94. The summed E-state index contributed by atoms with van der Waals surface area (Å²) in [6, 6.07) is 11.3. The number of aryl methyl sites for hydroxylation is 2. The Morgan fingerprint density at radius 2 is 1.79 bits per heavy atom. The summed E-state index contributed by atoms with van der Waals surface area (Å²) in [5, 5.41) is 11.2. The zero-order valence-corrected chi connectivity index (χ0v) is 12.0. The maximum absolute atomic E-state index is 10.5. The summed E-state index contributed by atoms with van der Waals surface area (Å²) in [5.41, 5.74) is 3.62. The van der Waals surface area contributed by atoms with Crippen LogP contribution in [0.5, 0.6) is 5.75 Å². The third-order valence-corrected chi connectivity index (χ3v) is 3.28. The largest absolute Gasteiger partial charge is 0.496 e. The molecule has 0 radical (unpaired) electrons. The summed E-state index contributed by atoms with van der Waals surface area (Å²) < 4.78 is 5.31. The highest BCUT2D eigenvalue weighted by Crippen LogP contribution is 2.32. The zero-order chi connectivity index (χ0) is 14.0. The minimum atomic E-state index is -0.743. The Hall–Kier alpha value is -1.51. The Morgan fingerprint density at radius 3 is 2.42 bits per heavy atom. The zero-order valence-electron chi connectivity index (χ0n) is 11.3. The quantitative estimate of drug-likeness (QED) is 0.916. The predicted octanol–water partition coefficient (Wildman–Crippen LogP) is 4.05. The standard InChI is InChI=1S/C16H17ClO2/c1-10-4-5-15(19-3)14(8-10)16(18)12-6-11(2)7-13(17)9-12/h4-9,16,18H,1-3H3. The highest BCUT2D eigenvalue weighted by Gasteiger charge is 2.16. The highest BCUT2D eigenvalue weighted by molar-refractivity contribution is 6.30. The molecule has 0 bridgehead atoms. The molecule has 0 spiro atoms. The van der Waals surface area contributed by atoms with E-state index >= 15 is 0 Å². The third kappa shape index (κ3) is 3.09. The third-order valence-electron chi connectivity index (χ3n) is 3.06. The first-order valence-corrected chi connectivity index (χ1v) is 6.48.